The Hall–Kier alpha value is -1.91. The highest BCUT2D eigenvalue weighted by Crippen LogP contribution is 2.20. The minimum Gasteiger partial charge on any atom is -0.397 e. The van der Waals surface area contributed by atoms with Crippen LogP contribution in [0.4, 0.5) is 5.69 Å². The van der Waals surface area contributed by atoms with Crippen molar-refractivity contribution in [2.24, 2.45) is 0 Å². The highest BCUT2D eigenvalue weighted by atomic mass is 15.5. The summed E-state index contributed by atoms with van der Waals surface area (Å²) in [6.07, 6.45) is 1.53. The van der Waals surface area contributed by atoms with Gasteiger partial charge in [-0.15, -0.1) is 5.10 Å². The fraction of sp³-hybridized carbons (Fsp3) is 0.222. The summed E-state index contributed by atoms with van der Waals surface area (Å²) in [4.78, 5) is 0. The van der Waals surface area contributed by atoms with Gasteiger partial charge in [-0.25, -0.2) is 0 Å². The third kappa shape index (κ3) is 1.32. The van der Waals surface area contributed by atoms with Gasteiger partial charge in [-0.2, -0.15) is 4.68 Å². The predicted molar refractivity (Wildman–Crippen MR) is 53.0 cm³/mol. The number of nitrogen functional groups attached to an aromatic ring is 1. The van der Waals surface area contributed by atoms with Crippen molar-refractivity contribution >= 4 is 5.69 Å². The van der Waals surface area contributed by atoms with E-state index in [1.54, 1.807) is 4.68 Å². The number of aryl methyl sites for hydroxylation is 2. The van der Waals surface area contributed by atoms with Crippen molar-refractivity contribution < 1.29 is 0 Å². The predicted octanol–water partition coefficient (Wildman–Crippen LogP) is 0.861. The molecule has 0 aliphatic heterocycles. The first kappa shape index (κ1) is 8.68. The van der Waals surface area contributed by atoms with Crippen LogP contribution in [0.2, 0.25) is 0 Å². The molecule has 0 spiro atoms. The molecule has 0 aliphatic carbocycles. The van der Waals surface area contributed by atoms with Gasteiger partial charge < -0.3 is 5.73 Å². The van der Waals surface area contributed by atoms with Crippen LogP contribution in [0.15, 0.2) is 18.5 Å². The van der Waals surface area contributed by atoms with E-state index in [4.69, 9.17) is 5.73 Å². The maximum absolute atomic E-state index is 5.87. The molecule has 0 atom stereocenters. The average molecular weight is 189 g/mol. The molecule has 1 aromatic heterocycles. The first-order chi connectivity index (χ1) is 6.68. The van der Waals surface area contributed by atoms with Crippen LogP contribution in [-0.2, 0) is 0 Å². The zero-order valence-corrected chi connectivity index (χ0v) is 8.10. The molecule has 1 heterocycles. The van der Waals surface area contributed by atoms with Crippen molar-refractivity contribution in [2.75, 3.05) is 5.73 Å². The lowest BCUT2D eigenvalue weighted by molar-refractivity contribution is 0.789. The molecule has 0 aliphatic rings. The van der Waals surface area contributed by atoms with E-state index >= 15 is 0 Å². The zero-order valence-electron chi connectivity index (χ0n) is 8.10. The largest absolute Gasteiger partial charge is 0.397 e. The van der Waals surface area contributed by atoms with Gasteiger partial charge in [0.25, 0.3) is 0 Å². The van der Waals surface area contributed by atoms with Crippen molar-refractivity contribution in [3.8, 4) is 5.69 Å². The van der Waals surface area contributed by atoms with E-state index in [1.807, 2.05) is 26.0 Å². The first-order valence-corrected chi connectivity index (χ1v) is 4.28. The number of nitrogens with zero attached hydrogens (tertiary/aromatic N) is 4. The van der Waals surface area contributed by atoms with E-state index in [-0.39, 0.29) is 0 Å². The van der Waals surface area contributed by atoms with Gasteiger partial charge in [-0.1, -0.05) is 0 Å². The van der Waals surface area contributed by atoms with Crippen molar-refractivity contribution in [3.63, 3.8) is 0 Å². The van der Waals surface area contributed by atoms with Crippen LogP contribution in [0.3, 0.4) is 0 Å². The highest BCUT2D eigenvalue weighted by Gasteiger charge is 2.05. The molecular weight excluding hydrogens is 178 g/mol. The Morgan fingerprint density at radius 2 is 1.93 bits per heavy atom. The molecule has 2 rings (SSSR count). The number of nitrogens with two attached hydrogens (primary N) is 1. The Labute approximate surface area is 81.5 Å². The van der Waals surface area contributed by atoms with Crippen LogP contribution >= 0.6 is 0 Å². The molecule has 0 saturated carbocycles. The van der Waals surface area contributed by atoms with Crippen molar-refractivity contribution in [2.45, 2.75) is 13.8 Å². The summed E-state index contributed by atoms with van der Waals surface area (Å²) in [5.41, 5.74) is 9.70. The maximum atomic E-state index is 5.87. The van der Waals surface area contributed by atoms with Gasteiger partial charge in [0.1, 0.15) is 6.33 Å². The van der Waals surface area contributed by atoms with Gasteiger partial charge in [0.05, 0.1) is 11.4 Å². The lowest BCUT2D eigenvalue weighted by Crippen LogP contribution is -2.02. The maximum Gasteiger partial charge on any atom is 0.143 e. The number of benzene rings is 1. The molecular formula is C9H11N5. The Morgan fingerprint density at radius 1 is 1.21 bits per heavy atom. The van der Waals surface area contributed by atoms with Crippen molar-refractivity contribution in [3.05, 3.63) is 29.6 Å². The summed E-state index contributed by atoms with van der Waals surface area (Å²) in [7, 11) is 0. The minimum atomic E-state index is 0.681. The van der Waals surface area contributed by atoms with Crippen LogP contribution in [0.5, 0.6) is 0 Å². The fourth-order valence-electron chi connectivity index (χ4n) is 1.29. The second-order valence-electron chi connectivity index (χ2n) is 3.25. The molecule has 0 fully saturated rings. The lowest BCUT2D eigenvalue weighted by atomic mass is 10.1. The fourth-order valence-corrected chi connectivity index (χ4v) is 1.29. The minimum absolute atomic E-state index is 0.681. The number of aromatic nitrogens is 4. The zero-order chi connectivity index (χ0) is 10.1. The molecule has 5 nitrogen and oxygen atoms in total. The smallest absolute Gasteiger partial charge is 0.143 e. The molecule has 0 unspecified atom stereocenters. The topological polar surface area (TPSA) is 69.6 Å². The second kappa shape index (κ2) is 3.10. The summed E-state index contributed by atoms with van der Waals surface area (Å²) in [5, 5.41) is 10.9. The van der Waals surface area contributed by atoms with E-state index in [2.05, 4.69) is 15.5 Å². The molecule has 14 heavy (non-hydrogen) atoms. The van der Waals surface area contributed by atoms with E-state index in [0.29, 0.717) is 5.69 Å². The second-order valence-corrected chi connectivity index (χ2v) is 3.25. The van der Waals surface area contributed by atoms with E-state index in [9.17, 15) is 0 Å². The van der Waals surface area contributed by atoms with Gasteiger partial charge >= 0.3 is 0 Å². The van der Waals surface area contributed by atoms with E-state index in [0.717, 1.165) is 5.69 Å². The van der Waals surface area contributed by atoms with Crippen LogP contribution in [0, 0.1) is 13.8 Å². The van der Waals surface area contributed by atoms with E-state index in [1.165, 1.54) is 17.5 Å². The van der Waals surface area contributed by atoms with Crippen molar-refractivity contribution in [1.29, 1.82) is 0 Å². The van der Waals surface area contributed by atoms with Gasteiger partial charge in [0.2, 0.25) is 0 Å². The standard InChI is InChI=1S/C9H11N5/c1-6-3-8(10)9(4-7(6)2)14-5-11-12-13-14/h3-5H,10H2,1-2H3. The molecule has 5 heteroatoms. The van der Waals surface area contributed by atoms with Crippen LogP contribution in [0.1, 0.15) is 11.1 Å². The molecule has 2 aromatic rings. The summed E-state index contributed by atoms with van der Waals surface area (Å²) in [5.74, 6) is 0. The van der Waals surface area contributed by atoms with Crippen LogP contribution in [0.25, 0.3) is 5.69 Å². The molecule has 72 valence electrons. The summed E-state index contributed by atoms with van der Waals surface area (Å²) in [6, 6.07) is 3.90. The Bertz CT molecular complexity index is 446. The average Bonchev–Trinajstić information content (AvgIpc) is 2.64. The molecule has 0 saturated heterocycles. The molecule has 0 amide bonds. The van der Waals surface area contributed by atoms with Crippen LogP contribution < -0.4 is 5.73 Å². The number of tetrazole rings is 1. The highest BCUT2D eigenvalue weighted by molar-refractivity contribution is 5.60. The molecule has 0 radical (unpaired) electrons. The summed E-state index contributed by atoms with van der Waals surface area (Å²) in [6.45, 7) is 4.05. The van der Waals surface area contributed by atoms with E-state index < -0.39 is 0 Å². The SMILES string of the molecule is Cc1cc(N)c(-n2cnnn2)cc1C. The Kier molecular flexibility index (Phi) is 1.92. The van der Waals surface area contributed by atoms with Gasteiger partial charge in [-0.05, 0) is 47.5 Å². The quantitative estimate of drug-likeness (QED) is 0.675. The number of anilines is 1. The molecule has 1 aromatic carbocycles. The molecule has 0 bridgehead atoms. The molecule has 2 N–H and O–H groups in total. The first-order valence-electron chi connectivity index (χ1n) is 4.28. The summed E-state index contributed by atoms with van der Waals surface area (Å²) >= 11 is 0. The monoisotopic (exact) mass is 189 g/mol. The van der Waals surface area contributed by atoms with Crippen LogP contribution in [-0.4, -0.2) is 20.2 Å². The van der Waals surface area contributed by atoms with Gasteiger partial charge in [0, 0.05) is 0 Å². The van der Waals surface area contributed by atoms with Gasteiger partial charge in [0.15, 0.2) is 0 Å². The number of rotatable bonds is 1. The third-order valence-corrected chi connectivity index (χ3v) is 2.24. The Balaban J connectivity index is 2.60. The van der Waals surface area contributed by atoms with Crippen molar-refractivity contribution in [1.82, 2.24) is 20.2 Å². The lowest BCUT2D eigenvalue weighted by Gasteiger charge is -2.07. The number of hydrogen-bond acceptors (Lipinski definition) is 4. The third-order valence-electron chi connectivity index (χ3n) is 2.24. The van der Waals surface area contributed by atoms with Gasteiger partial charge in [-0.3, -0.25) is 0 Å². The normalized spacial score (nSPS) is 10.4. The Morgan fingerprint density at radius 3 is 2.57 bits per heavy atom. The summed E-state index contributed by atoms with van der Waals surface area (Å²) < 4.78 is 1.56. The number of hydrogen-bond donors (Lipinski definition) is 1.